The van der Waals surface area contributed by atoms with E-state index in [0.717, 1.165) is 0 Å². The average Bonchev–Trinajstić information content (AvgIpc) is 2.64. The molecule has 1 aromatic rings. The molecule has 0 N–H and O–H groups in total. The first-order valence-electron chi connectivity index (χ1n) is 7.05. The highest BCUT2D eigenvalue weighted by atomic mass is 35.5. The summed E-state index contributed by atoms with van der Waals surface area (Å²) >= 11 is 13.5. The fourth-order valence-electron chi connectivity index (χ4n) is 2.29. The van der Waals surface area contributed by atoms with Gasteiger partial charge >= 0.3 is 0 Å². The summed E-state index contributed by atoms with van der Waals surface area (Å²) in [5.41, 5.74) is 0.950. The van der Waals surface area contributed by atoms with Crippen LogP contribution in [-0.2, 0) is 9.59 Å². The minimum Gasteiger partial charge on any atom is -0.274 e. The minimum absolute atomic E-state index is 0.209. The van der Waals surface area contributed by atoms with Crippen LogP contribution >= 0.6 is 35.0 Å². The summed E-state index contributed by atoms with van der Waals surface area (Å²) < 4.78 is 0. The van der Waals surface area contributed by atoms with Crippen LogP contribution in [0, 0.1) is 5.92 Å². The van der Waals surface area contributed by atoms with Crippen molar-refractivity contribution in [3.63, 3.8) is 0 Å². The molecule has 0 saturated heterocycles. The summed E-state index contributed by atoms with van der Waals surface area (Å²) in [5.74, 6) is 0.407. The first-order chi connectivity index (χ1) is 10.4. The van der Waals surface area contributed by atoms with E-state index in [0.29, 0.717) is 38.4 Å². The molecule has 1 aliphatic heterocycles. The summed E-state index contributed by atoms with van der Waals surface area (Å²) in [6.45, 7) is 6.29. The number of imide groups is 1. The van der Waals surface area contributed by atoms with E-state index in [1.165, 1.54) is 16.7 Å². The lowest BCUT2D eigenvalue weighted by atomic mass is 10.1. The summed E-state index contributed by atoms with van der Waals surface area (Å²) in [4.78, 5) is 27.1. The number of nitrogens with zero attached hydrogens (tertiary/aromatic N) is 1. The van der Waals surface area contributed by atoms with Gasteiger partial charge in [-0.1, -0.05) is 50.0 Å². The van der Waals surface area contributed by atoms with Crippen molar-refractivity contribution in [2.24, 2.45) is 5.92 Å². The molecule has 0 bridgehead atoms. The molecule has 2 rings (SSSR count). The van der Waals surface area contributed by atoms with Crippen LogP contribution in [0.3, 0.4) is 0 Å². The molecule has 0 aliphatic carbocycles. The number of hydrogen-bond acceptors (Lipinski definition) is 3. The molecule has 6 heteroatoms. The highest BCUT2D eigenvalue weighted by Gasteiger charge is 2.39. The summed E-state index contributed by atoms with van der Waals surface area (Å²) in [6, 6.07) is 4.95. The Kier molecular flexibility index (Phi) is 5.59. The Balaban J connectivity index is 2.53. The third-order valence-electron chi connectivity index (χ3n) is 3.16. The van der Waals surface area contributed by atoms with Gasteiger partial charge in [-0.25, -0.2) is 0 Å². The molecule has 0 aromatic heterocycles. The maximum Gasteiger partial charge on any atom is 0.267 e. The van der Waals surface area contributed by atoms with E-state index in [1.54, 1.807) is 18.2 Å². The van der Waals surface area contributed by atoms with Crippen LogP contribution < -0.4 is 0 Å². The van der Waals surface area contributed by atoms with Crippen molar-refractivity contribution in [3.8, 4) is 0 Å². The fourth-order valence-corrected chi connectivity index (χ4v) is 3.66. The van der Waals surface area contributed by atoms with Gasteiger partial charge < -0.3 is 0 Å². The van der Waals surface area contributed by atoms with E-state index in [2.05, 4.69) is 0 Å². The molecule has 0 spiro atoms. The topological polar surface area (TPSA) is 37.4 Å². The van der Waals surface area contributed by atoms with E-state index in [-0.39, 0.29) is 17.7 Å². The summed E-state index contributed by atoms with van der Waals surface area (Å²) in [5, 5.41) is 0.874. The Bertz CT molecular complexity index is 656. The van der Waals surface area contributed by atoms with E-state index in [4.69, 9.17) is 23.2 Å². The highest BCUT2D eigenvalue weighted by molar-refractivity contribution is 8.04. The standard InChI is InChI=1S/C16H17Cl2NO2S/c1-4-22-14-13(11-6-5-10(17)7-12(11)18)15(20)19(16(14)21)8-9(2)3/h5-7,9H,4,8H2,1-3H3. The zero-order valence-electron chi connectivity index (χ0n) is 12.7. The summed E-state index contributed by atoms with van der Waals surface area (Å²) in [6.07, 6.45) is 0. The third-order valence-corrected chi connectivity index (χ3v) is 4.67. The second-order valence-corrected chi connectivity index (χ2v) is 7.49. The molecule has 22 heavy (non-hydrogen) atoms. The van der Waals surface area contributed by atoms with Crippen molar-refractivity contribution >= 4 is 52.4 Å². The first kappa shape index (κ1) is 17.4. The Hall–Kier alpha value is -0.970. The summed E-state index contributed by atoms with van der Waals surface area (Å²) in [7, 11) is 0. The van der Waals surface area contributed by atoms with Gasteiger partial charge in [-0.05, 0) is 23.8 Å². The fraction of sp³-hybridized carbons (Fsp3) is 0.375. The zero-order chi connectivity index (χ0) is 16.4. The van der Waals surface area contributed by atoms with Crippen molar-refractivity contribution in [1.29, 1.82) is 0 Å². The molecular weight excluding hydrogens is 341 g/mol. The minimum atomic E-state index is -0.279. The molecular formula is C16H17Cl2NO2S. The van der Waals surface area contributed by atoms with Crippen molar-refractivity contribution in [1.82, 2.24) is 4.90 Å². The zero-order valence-corrected chi connectivity index (χ0v) is 15.0. The molecule has 0 unspecified atom stereocenters. The third kappa shape index (κ3) is 3.34. The number of amides is 2. The van der Waals surface area contributed by atoms with Gasteiger partial charge in [0.25, 0.3) is 11.8 Å². The maximum absolute atomic E-state index is 12.7. The van der Waals surface area contributed by atoms with Gasteiger partial charge in [0.1, 0.15) is 0 Å². The highest BCUT2D eigenvalue weighted by Crippen LogP contribution is 2.39. The number of thioether (sulfide) groups is 1. The number of carbonyl (C=O) groups is 2. The van der Waals surface area contributed by atoms with Gasteiger partial charge in [0.05, 0.1) is 15.5 Å². The SMILES string of the molecule is CCSC1=C(c2ccc(Cl)cc2Cl)C(=O)N(CC(C)C)C1=O. The monoisotopic (exact) mass is 357 g/mol. The van der Waals surface area contributed by atoms with Gasteiger partial charge in [-0.2, -0.15) is 0 Å². The number of hydrogen-bond donors (Lipinski definition) is 0. The van der Waals surface area contributed by atoms with Gasteiger partial charge in [0.15, 0.2) is 0 Å². The van der Waals surface area contributed by atoms with E-state index in [1.807, 2.05) is 20.8 Å². The molecule has 0 saturated carbocycles. The Morgan fingerprint density at radius 3 is 2.41 bits per heavy atom. The molecule has 1 aliphatic rings. The van der Waals surface area contributed by atoms with Crippen molar-refractivity contribution in [3.05, 3.63) is 38.7 Å². The van der Waals surface area contributed by atoms with Crippen molar-refractivity contribution < 1.29 is 9.59 Å². The average molecular weight is 358 g/mol. The van der Waals surface area contributed by atoms with Gasteiger partial charge in [-0.3, -0.25) is 14.5 Å². The Morgan fingerprint density at radius 2 is 1.86 bits per heavy atom. The molecule has 0 radical (unpaired) electrons. The largest absolute Gasteiger partial charge is 0.274 e. The predicted molar refractivity (Wildman–Crippen MR) is 93.1 cm³/mol. The van der Waals surface area contributed by atoms with Gasteiger partial charge in [0.2, 0.25) is 0 Å². The van der Waals surface area contributed by atoms with Crippen LogP contribution in [-0.4, -0.2) is 29.0 Å². The van der Waals surface area contributed by atoms with E-state index < -0.39 is 0 Å². The molecule has 0 fully saturated rings. The molecule has 118 valence electrons. The van der Waals surface area contributed by atoms with Crippen LogP contribution in [0.1, 0.15) is 26.3 Å². The second-order valence-electron chi connectivity index (χ2n) is 5.38. The first-order valence-corrected chi connectivity index (χ1v) is 8.79. The molecule has 1 aromatic carbocycles. The number of benzene rings is 1. The molecule has 0 atom stereocenters. The van der Waals surface area contributed by atoms with Gasteiger partial charge in [0, 0.05) is 17.1 Å². The van der Waals surface area contributed by atoms with Crippen LogP contribution in [0.25, 0.3) is 5.57 Å². The predicted octanol–water partition coefficient (Wildman–Crippen LogP) is 4.48. The van der Waals surface area contributed by atoms with Crippen LogP contribution in [0.15, 0.2) is 23.1 Å². The molecule has 2 amide bonds. The Morgan fingerprint density at radius 1 is 1.18 bits per heavy atom. The Labute approximate surface area is 144 Å². The number of carbonyl (C=O) groups excluding carboxylic acids is 2. The number of rotatable bonds is 5. The second kappa shape index (κ2) is 7.07. The van der Waals surface area contributed by atoms with E-state index >= 15 is 0 Å². The molecule has 3 nitrogen and oxygen atoms in total. The number of halogens is 2. The maximum atomic E-state index is 12.7. The quantitative estimate of drug-likeness (QED) is 0.728. The lowest BCUT2D eigenvalue weighted by Crippen LogP contribution is -2.34. The molecule has 1 heterocycles. The lowest BCUT2D eigenvalue weighted by Gasteiger charge is -2.17. The van der Waals surface area contributed by atoms with Crippen LogP contribution in [0.4, 0.5) is 0 Å². The van der Waals surface area contributed by atoms with Crippen LogP contribution in [0.2, 0.25) is 10.0 Å². The normalized spacial score (nSPS) is 15.5. The van der Waals surface area contributed by atoms with Crippen LogP contribution in [0.5, 0.6) is 0 Å². The van der Waals surface area contributed by atoms with Crippen molar-refractivity contribution in [2.75, 3.05) is 12.3 Å². The van der Waals surface area contributed by atoms with Crippen molar-refractivity contribution in [2.45, 2.75) is 20.8 Å². The lowest BCUT2D eigenvalue weighted by molar-refractivity contribution is -0.137. The van der Waals surface area contributed by atoms with E-state index in [9.17, 15) is 9.59 Å². The smallest absolute Gasteiger partial charge is 0.267 e. The van der Waals surface area contributed by atoms with Gasteiger partial charge in [-0.15, -0.1) is 11.8 Å².